The maximum Gasteiger partial charge on any atom is 0.416 e. The molecule has 2 heterocycles. The molecule has 0 aliphatic rings. The van der Waals surface area contributed by atoms with Crippen LogP contribution in [0.1, 0.15) is 45.1 Å². The molecule has 5 aromatic carbocycles. The smallest absolute Gasteiger partial charge is 0.357 e. The summed E-state index contributed by atoms with van der Waals surface area (Å²) >= 11 is 0. The van der Waals surface area contributed by atoms with Crippen molar-refractivity contribution < 1.29 is 47.6 Å². The number of H-pyrrole nitrogens is 2. The summed E-state index contributed by atoms with van der Waals surface area (Å²) in [4.78, 5) is 6.26. The van der Waals surface area contributed by atoms with Gasteiger partial charge in [-0.2, -0.15) is 26.3 Å². The molecule has 302 valence electrons. The molecule has 2 aromatic heterocycles. The fraction of sp³-hybridized carbons (Fsp3) is 0.171. The second kappa shape index (κ2) is 15.7. The lowest BCUT2D eigenvalue weighted by Gasteiger charge is -2.21. The molecule has 0 radical (unpaired) electrons. The Morgan fingerprint density at radius 3 is 1.28 bits per heavy atom. The Labute approximate surface area is 328 Å². The Hall–Kier alpha value is -5.49. The highest BCUT2D eigenvalue weighted by atomic mass is 32.2. The largest absolute Gasteiger partial charge is 0.416 e. The first-order valence-corrected chi connectivity index (χ1v) is 20.7. The Balaban J connectivity index is 1.25. The molecule has 8 nitrogen and oxygen atoms in total. The highest BCUT2D eigenvalue weighted by molar-refractivity contribution is 7.89. The average molecular weight is 843 g/mol. The van der Waals surface area contributed by atoms with Crippen molar-refractivity contribution in [3.8, 4) is 0 Å². The minimum atomic E-state index is -4.64. The molecule has 0 aliphatic carbocycles. The highest BCUT2D eigenvalue weighted by Gasteiger charge is 2.33. The average Bonchev–Trinajstić information content (AvgIpc) is 3.73. The van der Waals surface area contributed by atoms with Crippen molar-refractivity contribution in [1.82, 2.24) is 19.4 Å². The molecule has 17 heteroatoms. The van der Waals surface area contributed by atoms with E-state index in [4.69, 9.17) is 0 Å². The number of aromatic amines is 2. The van der Waals surface area contributed by atoms with Crippen LogP contribution in [0.3, 0.4) is 0 Å². The van der Waals surface area contributed by atoms with Crippen LogP contribution in [0.4, 0.5) is 30.7 Å². The van der Waals surface area contributed by atoms with E-state index in [-0.39, 0.29) is 35.7 Å². The maximum atomic E-state index is 14.4. The van der Waals surface area contributed by atoms with Crippen LogP contribution in [0, 0.1) is 5.82 Å². The third-order valence-electron chi connectivity index (χ3n) is 9.79. The Morgan fingerprint density at radius 2 is 0.897 bits per heavy atom. The number of alkyl halides is 6. The van der Waals surface area contributed by atoms with Gasteiger partial charge >= 0.3 is 12.4 Å². The van der Waals surface area contributed by atoms with Gasteiger partial charge in [-0.25, -0.2) is 30.7 Å². The minimum Gasteiger partial charge on any atom is -0.357 e. The van der Waals surface area contributed by atoms with Gasteiger partial charge in [0.1, 0.15) is 5.82 Å². The number of fused-ring (bicyclic) bond motifs is 2. The van der Waals surface area contributed by atoms with Crippen molar-refractivity contribution in [2.75, 3.05) is 13.1 Å². The lowest BCUT2D eigenvalue weighted by Crippen LogP contribution is -2.27. The molecule has 0 unspecified atom stereocenters. The van der Waals surface area contributed by atoms with Crippen LogP contribution in [0.5, 0.6) is 0 Å². The van der Waals surface area contributed by atoms with E-state index >= 15 is 0 Å². The molecule has 0 fully saturated rings. The maximum absolute atomic E-state index is 14.4. The third-order valence-corrected chi connectivity index (χ3v) is 12.7. The monoisotopic (exact) mass is 842 g/mol. The van der Waals surface area contributed by atoms with Gasteiger partial charge in [-0.15, -0.1) is 0 Å². The molecule has 7 aromatic rings. The zero-order chi connectivity index (χ0) is 41.5. The van der Waals surface area contributed by atoms with Crippen LogP contribution < -0.4 is 9.44 Å². The molecule has 58 heavy (non-hydrogen) atoms. The van der Waals surface area contributed by atoms with Crippen molar-refractivity contribution in [2.24, 2.45) is 0 Å². The van der Waals surface area contributed by atoms with E-state index < -0.39 is 55.3 Å². The van der Waals surface area contributed by atoms with Crippen molar-refractivity contribution in [3.05, 3.63) is 166 Å². The molecule has 0 saturated heterocycles. The standard InChI is InChI=1S/C41H33F7N4O4S2/c42-28-15-9-25(10-16-28)37(38-33(31-5-1-3-7-35(31)51-38)21-23-49-57(53,54)29-17-11-26(12-18-29)40(43,44)45)39-34(32-6-2-4-8-36(32)52-39)22-24-50-58(55,56)30-19-13-27(14-20-30)41(46,47)48/h1-20,37,49-52H,21-24H2. The first-order valence-electron chi connectivity index (χ1n) is 17.7. The lowest BCUT2D eigenvalue weighted by atomic mass is 9.86. The summed E-state index contributed by atoms with van der Waals surface area (Å²) in [5.74, 6) is -1.19. The summed E-state index contributed by atoms with van der Waals surface area (Å²) < 4.78 is 151. The van der Waals surface area contributed by atoms with E-state index in [1.165, 1.54) is 12.1 Å². The highest BCUT2D eigenvalue weighted by Crippen LogP contribution is 2.40. The summed E-state index contributed by atoms with van der Waals surface area (Å²) in [6, 6.07) is 26.7. The lowest BCUT2D eigenvalue weighted by molar-refractivity contribution is -0.138. The number of halogens is 7. The number of hydrogen-bond acceptors (Lipinski definition) is 4. The van der Waals surface area contributed by atoms with Gasteiger partial charge in [-0.3, -0.25) is 0 Å². The molecule has 7 rings (SSSR count). The van der Waals surface area contributed by atoms with E-state index in [1.807, 2.05) is 36.4 Å². The van der Waals surface area contributed by atoms with Crippen LogP contribution in [0.15, 0.2) is 131 Å². The molecule has 0 bridgehead atoms. The van der Waals surface area contributed by atoms with Gasteiger partial charge in [-0.05, 0) is 102 Å². The van der Waals surface area contributed by atoms with E-state index in [0.717, 1.165) is 35.0 Å². The van der Waals surface area contributed by atoms with Crippen LogP contribution in [-0.4, -0.2) is 39.9 Å². The Kier molecular flexibility index (Phi) is 11.0. The minimum absolute atomic E-state index is 0.111. The zero-order valence-electron chi connectivity index (χ0n) is 30.0. The van der Waals surface area contributed by atoms with Crippen LogP contribution >= 0.6 is 0 Å². The van der Waals surface area contributed by atoms with Gasteiger partial charge in [0.05, 0.1) is 26.8 Å². The van der Waals surface area contributed by atoms with Gasteiger partial charge in [0, 0.05) is 46.3 Å². The Morgan fingerprint density at radius 1 is 0.517 bits per heavy atom. The summed E-state index contributed by atoms with van der Waals surface area (Å²) in [6.07, 6.45) is -9.06. The predicted molar refractivity (Wildman–Crippen MR) is 205 cm³/mol. The zero-order valence-corrected chi connectivity index (χ0v) is 31.7. The summed E-state index contributed by atoms with van der Waals surface area (Å²) in [7, 11) is -8.46. The molecule has 0 amide bonds. The van der Waals surface area contributed by atoms with Crippen molar-refractivity contribution in [3.63, 3.8) is 0 Å². The van der Waals surface area contributed by atoms with Crippen molar-refractivity contribution >= 4 is 41.9 Å². The molecular weight excluding hydrogens is 810 g/mol. The van der Waals surface area contributed by atoms with Gasteiger partial charge < -0.3 is 9.97 Å². The Bertz CT molecular complexity index is 2630. The number of hydrogen-bond donors (Lipinski definition) is 4. The molecule has 4 N–H and O–H groups in total. The second-order valence-electron chi connectivity index (χ2n) is 13.5. The van der Waals surface area contributed by atoms with Crippen LogP contribution in [-0.2, 0) is 45.2 Å². The van der Waals surface area contributed by atoms with E-state index in [2.05, 4.69) is 19.4 Å². The predicted octanol–water partition coefficient (Wildman–Crippen LogP) is 9.05. The van der Waals surface area contributed by atoms with E-state index in [0.29, 0.717) is 63.4 Å². The quantitative estimate of drug-likeness (QED) is 0.0866. The number of para-hydroxylation sites is 2. The first kappa shape index (κ1) is 40.7. The molecular formula is C41H33F7N4O4S2. The van der Waals surface area contributed by atoms with Crippen LogP contribution in [0.2, 0.25) is 0 Å². The molecule has 0 atom stereocenters. The van der Waals surface area contributed by atoms with Crippen molar-refractivity contribution in [2.45, 2.75) is 40.9 Å². The fourth-order valence-corrected chi connectivity index (χ4v) is 9.10. The number of nitrogens with one attached hydrogen (secondary N) is 4. The van der Waals surface area contributed by atoms with Crippen molar-refractivity contribution in [1.29, 1.82) is 0 Å². The third kappa shape index (κ3) is 8.53. The van der Waals surface area contributed by atoms with E-state index in [9.17, 15) is 47.6 Å². The topological polar surface area (TPSA) is 124 Å². The van der Waals surface area contributed by atoms with Gasteiger partial charge in [0.2, 0.25) is 20.0 Å². The summed E-state index contributed by atoms with van der Waals surface area (Å²) in [5, 5.41) is 1.50. The van der Waals surface area contributed by atoms with Gasteiger partial charge in [0.25, 0.3) is 0 Å². The number of rotatable bonds is 13. The van der Waals surface area contributed by atoms with E-state index in [1.54, 1.807) is 24.3 Å². The normalized spacial score (nSPS) is 12.9. The first-order chi connectivity index (χ1) is 27.4. The summed E-state index contributed by atoms with van der Waals surface area (Å²) in [5.41, 5.74) is 2.64. The number of sulfonamides is 2. The van der Waals surface area contributed by atoms with Gasteiger partial charge in [-0.1, -0.05) is 48.5 Å². The van der Waals surface area contributed by atoms with Crippen LogP contribution in [0.25, 0.3) is 21.8 Å². The molecule has 0 aliphatic heterocycles. The SMILES string of the molecule is O=S(=O)(NCCc1c(C(c2ccc(F)cc2)c2[nH]c3ccccc3c2CCNS(=O)(=O)c2ccc(C(F)(F)F)cc2)[nH]c2ccccc12)c1ccc(C(F)(F)F)cc1. The summed E-state index contributed by atoms with van der Waals surface area (Å²) in [6.45, 7) is -0.306. The number of aromatic nitrogens is 2. The fourth-order valence-electron chi connectivity index (χ4n) is 7.04. The molecule has 0 spiro atoms. The number of benzene rings is 5. The van der Waals surface area contributed by atoms with Gasteiger partial charge in [0.15, 0.2) is 0 Å². The molecule has 0 saturated carbocycles. The second-order valence-corrected chi connectivity index (χ2v) is 17.0.